The van der Waals surface area contributed by atoms with Gasteiger partial charge in [0.2, 0.25) is 0 Å². The van der Waals surface area contributed by atoms with E-state index < -0.39 is 32.4 Å². The summed E-state index contributed by atoms with van der Waals surface area (Å²) in [7, 11) is -4.24. The van der Waals surface area contributed by atoms with E-state index in [9.17, 15) is 14.6 Å². The van der Waals surface area contributed by atoms with E-state index in [1.165, 1.54) is 18.1 Å². The molecular formula is C18H20N5O6PS. The third-order valence-electron chi connectivity index (χ3n) is 5.18. The lowest BCUT2D eigenvalue weighted by Crippen LogP contribution is -2.39. The van der Waals surface area contributed by atoms with Crippen LogP contribution in [0.1, 0.15) is 17.4 Å². The quantitative estimate of drug-likeness (QED) is 0.381. The van der Waals surface area contributed by atoms with E-state index in [1.807, 2.05) is 31.2 Å². The third-order valence-corrected chi connectivity index (χ3v) is 7.19. The molecule has 2 aliphatic rings. The molecule has 5 atom stereocenters. The number of phosphoric acid groups is 1. The van der Waals surface area contributed by atoms with E-state index in [0.717, 1.165) is 11.1 Å². The Bertz CT molecular complexity index is 1170. The number of nitrogens with zero attached hydrogens (tertiary/aromatic N) is 4. The third kappa shape index (κ3) is 3.85. The molecule has 164 valence electrons. The molecule has 0 aliphatic carbocycles. The number of anilines is 1. The summed E-state index contributed by atoms with van der Waals surface area (Å²) in [4.78, 5) is 22.5. The number of imidazole rings is 1. The van der Waals surface area contributed by atoms with Crippen molar-refractivity contribution >= 4 is 36.6 Å². The Kier molecular flexibility index (Phi) is 5.25. The van der Waals surface area contributed by atoms with Gasteiger partial charge in [-0.05, 0) is 12.5 Å². The number of ether oxygens (including phenoxy) is 1. The Morgan fingerprint density at radius 1 is 1.32 bits per heavy atom. The summed E-state index contributed by atoms with van der Waals surface area (Å²) in [5.74, 6) is 0.809. The number of aryl methyl sites for hydroxylation is 1. The first-order valence-corrected chi connectivity index (χ1v) is 12.0. The predicted molar refractivity (Wildman–Crippen MR) is 111 cm³/mol. The van der Waals surface area contributed by atoms with Gasteiger partial charge in [0.05, 0.1) is 6.61 Å². The van der Waals surface area contributed by atoms with Gasteiger partial charge in [-0.1, -0.05) is 41.6 Å². The van der Waals surface area contributed by atoms with Crippen LogP contribution in [0.3, 0.4) is 0 Å². The first-order valence-electron chi connectivity index (χ1n) is 9.48. The fourth-order valence-corrected chi connectivity index (χ4v) is 5.56. The first-order chi connectivity index (χ1) is 14.8. The highest BCUT2D eigenvalue weighted by atomic mass is 32.2. The number of hydrogen-bond acceptors (Lipinski definition) is 10. The molecule has 2 aromatic heterocycles. The minimum absolute atomic E-state index is 0.179. The molecule has 2 saturated heterocycles. The smallest absolute Gasteiger partial charge is 0.386 e. The second-order valence-electron chi connectivity index (χ2n) is 7.36. The number of aromatic nitrogens is 4. The molecule has 0 spiro atoms. The average Bonchev–Trinajstić information content (AvgIpc) is 3.25. The number of nitrogens with two attached hydrogens (primary N) is 1. The van der Waals surface area contributed by atoms with Gasteiger partial charge in [-0.3, -0.25) is 13.6 Å². The number of aliphatic hydroxyl groups is 1. The van der Waals surface area contributed by atoms with Crippen LogP contribution in [0.25, 0.3) is 11.2 Å². The molecule has 11 nitrogen and oxygen atoms in total. The monoisotopic (exact) mass is 465 g/mol. The Hall–Kier alpha value is -2.05. The van der Waals surface area contributed by atoms with E-state index in [2.05, 4.69) is 15.0 Å². The molecule has 3 aromatic rings. The van der Waals surface area contributed by atoms with Crippen LogP contribution in [0.4, 0.5) is 5.82 Å². The van der Waals surface area contributed by atoms with Crippen molar-refractivity contribution in [3.63, 3.8) is 0 Å². The lowest BCUT2D eigenvalue weighted by Gasteiger charge is -2.27. The molecule has 0 radical (unpaired) electrons. The summed E-state index contributed by atoms with van der Waals surface area (Å²) in [5, 5.41) is 11.4. The minimum atomic E-state index is -4.24. The van der Waals surface area contributed by atoms with Crippen molar-refractivity contribution in [2.45, 2.75) is 42.4 Å². The number of benzene rings is 1. The van der Waals surface area contributed by atoms with Gasteiger partial charge in [0, 0.05) is 5.75 Å². The highest BCUT2D eigenvalue weighted by Crippen LogP contribution is 2.53. The summed E-state index contributed by atoms with van der Waals surface area (Å²) in [5.41, 5.74) is 9.01. The van der Waals surface area contributed by atoms with E-state index in [4.69, 9.17) is 19.5 Å². The average molecular weight is 465 g/mol. The maximum atomic E-state index is 11.8. The van der Waals surface area contributed by atoms with Gasteiger partial charge in [-0.25, -0.2) is 19.5 Å². The molecule has 31 heavy (non-hydrogen) atoms. The number of aliphatic hydroxyl groups excluding tert-OH is 1. The Labute approximate surface area is 181 Å². The van der Waals surface area contributed by atoms with E-state index in [-0.39, 0.29) is 12.4 Å². The Morgan fingerprint density at radius 2 is 2.10 bits per heavy atom. The van der Waals surface area contributed by atoms with Crippen LogP contribution in [-0.2, 0) is 24.1 Å². The van der Waals surface area contributed by atoms with Gasteiger partial charge in [0.15, 0.2) is 28.4 Å². The molecule has 2 fully saturated rings. The lowest BCUT2D eigenvalue weighted by molar-refractivity contribution is -0.0684. The maximum absolute atomic E-state index is 11.8. The zero-order chi connectivity index (χ0) is 21.8. The summed E-state index contributed by atoms with van der Waals surface area (Å²) in [6.07, 6.45) is -2.65. The summed E-state index contributed by atoms with van der Waals surface area (Å²) in [6.45, 7) is 1.84. The number of rotatable bonds is 4. The standard InChI is InChI=1S/C18H20N5O6PS/c1-9-2-4-10(5-3-9)7-31-18-22-12-15(19)20-8-21-16(12)23(18)17-13(24)14-11(28-17)6-27-30(25,26)29-14/h2-5,8,11,13-14,17,24H,6-7H2,1H3,(H,25,26)(H2,19,20,21). The molecule has 1 aromatic carbocycles. The van der Waals surface area contributed by atoms with Crippen LogP contribution in [0.5, 0.6) is 0 Å². The van der Waals surface area contributed by atoms with Crippen LogP contribution in [0.15, 0.2) is 35.7 Å². The van der Waals surface area contributed by atoms with Crippen molar-refractivity contribution in [1.29, 1.82) is 0 Å². The molecule has 4 N–H and O–H groups in total. The van der Waals surface area contributed by atoms with Crippen LogP contribution >= 0.6 is 19.6 Å². The number of nitrogen functional groups attached to an aromatic ring is 1. The summed E-state index contributed by atoms with van der Waals surface area (Å²) >= 11 is 1.42. The zero-order valence-electron chi connectivity index (χ0n) is 16.4. The van der Waals surface area contributed by atoms with Gasteiger partial charge in [0.25, 0.3) is 0 Å². The highest BCUT2D eigenvalue weighted by molar-refractivity contribution is 7.98. The predicted octanol–water partition coefficient (Wildman–Crippen LogP) is 1.78. The van der Waals surface area contributed by atoms with E-state index in [1.54, 1.807) is 4.57 Å². The fraction of sp³-hybridized carbons (Fsp3) is 0.389. The van der Waals surface area contributed by atoms with Crippen LogP contribution < -0.4 is 5.73 Å². The topological polar surface area (TPSA) is 155 Å². The molecule has 0 saturated carbocycles. The first kappa shape index (κ1) is 20.8. The van der Waals surface area contributed by atoms with Gasteiger partial charge >= 0.3 is 7.82 Å². The molecule has 0 amide bonds. The summed E-state index contributed by atoms with van der Waals surface area (Å²) < 4.78 is 29.3. The van der Waals surface area contributed by atoms with Gasteiger partial charge in [0.1, 0.15) is 24.6 Å². The molecule has 0 bridgehead atoms. The molecule has 4 heterocycles. The largest absolute Gasteiger partial charge is 0.472 e. The molecule has 5 rings (SSSR count). The molecule has 13 heteroatoms. The number of phosphoric ester groups is 1. The van der Waals surface area contributed by atoms with Crippen molar-refractivity contribution in [2.24, 2.45) is 0 Å². The number of fused-ring (bicyclic) bond motifs is 2. The van der Waals surface area contributed by atoms with Crippen LogP contribution in [-0.4, -0.2) is 54.4 Å². The fourth-order valence-electron chi connectivity index (χ4n) is 3.62. The minimum Gasteiger partial charge on any atom is -0.386 e. The second kappa shape index (κ2) is 7.82. The van der Waals surface area contributed by atoms with Crippen LogP contribution in [0.2, 0.25) is 0 Å². The molecular weight excluding hydrogens is 445 g/mol. The van der Waals surface area contributed by atoms with Crippen molar-refractivity contribution in [1.82, 2.24) is 19.5 Å². The van der Waals surface area contributed by atoms with Crippen molar-refractivity contribution in [2.75, 3.05) is 12.3 Å². The summed E-state index contributed by atoms with van der Waals surface area (Å²) in [6, 6.07) is 8.12. The van der Waals surface area contributed by atoms with Crippen LogP contribution in [0, 0.1) is 6.92 Å². The van der Waals surface area contributed by atoms with E-state index >= 15 is 0 Å². The molecule has 5 unspecified atom stereocenters. The zero-order valence-corrected chi connectivity index (χ0v) is 18.1. The number of thioether (sulfide) groups is 1. The van der Waals surface area contributed by atoms with Gasteiger partial charge in [-0.15, -0.1) is 0 Å². The van der Waals surface area contributed by atoms with Crippen molar-refractivity contribution < 1.29 is 28.3 Å². The Morgan fingerprint density at radius 3 is 2.87 bits per heavy atom. The van der Waals surface area contributed by atoms with E-state index in [0.29, 0.717) is 22.1 Å². The normalized spacial score (nSPS) is 30.5. The SMILES string of the molecule is Cc1ccc(CSc2nc3c(N)ncnc3n2C2OC3COP(=O)(O)OC3C2O)cc1. The molecule has 2 aliphatic heterocycles. The van der Waals surface area contributed by atoms with Crippen molar-refractivity contribution in [3.05, 3.63) is 41.7 Å². The van der Waals surface area contributed by atoms with Gasteiger partial charge < -0.3 is 20.5 Å². The number of hydrogen-bond donors (Lipinski definition) is 3. The highest BCUT2D eigenvalue weighted by Gasteiger charge is 2.53. The van der Waals surface area contributed by atoms with Crippen molar-refractivity contribution in [3.8, 4) is 0 Å². The maximum Gasteiger partial charge on any atom is 0.472 e. The lowest BCUT2D eigenvalue weighted by atomic mass is 10.1. The second-order valence-corrected chi connectivity index (χ2v) is 9.71. The Balaban J connectivity index is 1.51. The van der Waals surface area contributed by atoms with Gasteiger partial charge in [-0.2, -0.15) is 0 Å².